The Morgan fingerprint density at radius 2 is 1.48 bits per heavy atom. The van der Waals surface area contributed by atoms with Gasteiger partial charge >= 0.3 is 7.12 Å². The molecule has 0 aliphatic carbocycles. The maximum absolute atomic E-state index is 6.33. The molecule has 3 aromatic carbocycles. The van der Waals surface area contributed by atoms with Gasteiger partial charge in [-0.1, -0.05) is 30.3 Å². The van der Waals surface area contributed by atoms with Crippen molar-refractivity contribution in [2.24, 2.45) is 0 Å². The van der Waals surface area contributed by atoms with E-state index in [1.54, 1.807) is 0 Å². The van der Waals surface area contributed by atoms with Crippen molar-refractivity contribution in [3.8, 4) is 11.5 Å². The second-order valence-electron chi connectivity index (χ2n) is 9.11. The average molecular weight is 411 g/mol. The number of hydrogen-bond acceptors (Lipinski definition) is 5. The number of furan rings is 1. The van der Waals surface area contributed by atoms with E-state index in [0.29, 0.717) is 5.89 Å². The van der Waals surface area contributed by atoms with Crippen LogP contribution in [0.5, 0.6) is 0 Å². The predicted molar refractivity (Wildman–Crippen MR) is 122 cm³/mol. The molecule has 1 fully saturated rings. The molecule has 2 aromatic heterocycles. The van der Waals surface area contributed by atoms with E-state index < -0.39 is 18.3 Å². The first-order chi connectivity index (χ1) is 14.8. The van der Waals surface area contributed by atoms with Crippen molar-refractivity contribution in [2.75, 3.05) is 0 Å². The van der Waals surface area contributed by atoms with Gasteiger partial charge < -0.3 is 18.1 Å². The maximum Gasteiger partial charge on any atom is 0.495 e. The van der Waals surface area contributed by atoms with E-state index in [0.717, 1.165) is 44.1 Å². The highest BCUT2D eigenvalue weighted by Gasteiger charge is 2.52. The van der Waals surface area contributed by atoms with Crippen LogP contribution in [0.3, 0.4) is 0 Å². The van der Waals surface area contributed by atoms with Crippen molar-refractivity contribution in [2.45, 2.75) is 38.9 Å². The monoisotopic (exact) mass is 411 g/mol. The smallest absolute Gasteiger partial charge is 0.456 e. The minimum Gasteiger partial charge on any atom is -0.456 e. The highest BCUT2D eigenvalue weighted by Crippen LogP contribution is 2.39. The Hall–Kier alpha value is -3.09. The van der Waals surface area contributed by atoms with Crippen molar-refractivity contribution in [1.29, 1.82) is 0 Å². The summed E-state index contributed by atoms with van der Waals surface area (Å²) in [4.78, 5) is 4.67. The molecule has 0 radical (unpaired) electrons. The first kappa shape index (κ1) is 18.7. The van der Waals surface area contributed by atoms with Gasteiger partial charge in [0.15, 0.2) is 5.58 Å². The third-order valence-electron chi connectivity index (χ3n) is 6.57. The highest BCUT2D eigenvalue weighted by atomic mass is 16.7. The second-order valence-corrected chi connectivity index (χ2v) is 9.11. The molecular formula is C25H22BNO4. The molecule has 6 heteroatoms. The van der Waals surface area contributed by atoms with E-state index in [1.165, 1.54) is 0 Å². The van der Waals surface area contributed by atoms with E-state index >= 15 is 0 Å². The summed E-state index contributed by atoms with van der Waals surface area (Å²) >= 11 is 0. The number of benzene rings is 3. The summed E-state index contributed by atoms with van der Waals surface area (Å²) in [5.41, 5.74) is 4.11. The second kappa shape index (κ2) is 6.22. The third-order valence-corrected chi connectivity index (χ3v) is 6.57. The normalized spacial score (nSPS) is 17.9. The molecule has 6 rings (SSSR count). The average Bonchev–Trinajstić information content (AvgIpc) is 3.37. The molecular weight excluding hydrogens is 389 g/mol. The topological polar surface area (TPSA) is 57.6 Å². The largest absolute Gasteiger partial charge is 0.495 e. The minimum absolute atomic E-state index is 0.415. The molecule has 5 aromatic rings. The van der Waals surface area contributed by atoms with Gasteiger partial charge in [0.1, 0.15) is 16.7 Å². The Labute approximate surface area is 180 Å². The Morgan fingerprint density at radius 1 is 0.742 bits per heavy atom. The van der Waals surface area contributed by atoms with Crippen molar-refractivity contribution in [3.05, 3.63) is 60.7 Å². The lowest BCUT2D eigenvalue weighted by Crippen LogP contribution is -2.41. The molecule has 0 unspecified atom stereocenters. The van der Waals surface area contributed by atoms with Crippen LogP contribution in [0.1, 0.15) is 27.7 Å². The Morgan fingerprint density at radius 3 is 2.23 bits per heavy atom. The molecule has 1 aliphatic rings. The summed E-state index contributed by atoms with van der Waals surface area (Å²) in [6, 6.07) is 19.8. The summed E-state index contributed by atoms with van der Waals surface area (Å²) < 4.78 is 24.9. The highest BCUT2D eigenvalue weighted by molar-refractivity contribution is 6.66. The number of aromatic nitrogens is 1. The SMILES string of the molecule is CC1(C)OB(c2cccc3oc4cc5nc(-c6ccccc6)oc5cc4c23)OC1(C)C. The zero-order chi connectivity index (χ0) is 21.4. The molecule has 0 atom stereocenters. The van der Waals surface area contributed by atoms with Gasteiger partial charge in [0, 0.05) is 22.4 Å². The first-order valence-corrected chi connectivity index (χ1v) is 10.5. The zero-order valence-electron chi connectivity index (χ0n) is 17.9. The quantitative estimate of drug-likeness (QED) is 0.349. The van der Waals surface area contributed by atoms with E-state index in [2.05, 4.69) is 32.7 Å². The van der Waals surface area contributed by atoms with Gasteiger partial charge in [-0.2, -0.15) is 0 Å². The molecule has 0 bridgehead atoms. The summed E-state index contributed by atoms with van der Waals surface area (Å²) in [5, 5.41) is 1.94. The lowest BCUT2D eigenvalue weighted by molar-refractivity contribution is 0.00578. The molecule has 31 heavy (non-hydrogen) atoms. The van der Waals surface area contributed by atoms with Gasteiger partial charge in [0.25, 0.3) is 0 Å². The fourth-order valence-corrected chi connectivity index (χ4v) is 4.15. The van der Waals surface area contributed by atoms with E-state index in [4.69, 9.17) is 18.1 Å². The minimum atomic E-state index is -0.472. The van der Waals surface area contributed by atoms with E-state index in [9.17, 15) is 0 Å². The summed E-state index contributed by atoms with van der Waals surface area (Å²) in [6.45, 7) is 8.24. The van der Waals surface area contributed by atoms with Crippen LogP contribution < -0.4 is 5.46 Å². The number of oxazole rings is 1. The molecule has 154 valence electrons. The lowest BCUT2D eigenvalue weighted by atomic mass is 9.76. The molecule has 0 amide bonds. The summed E-state index contributed by atoms with van der Waals surface area (Å²) in [7, 11) is -0.472. The first-order valence-electron chi connectivity index (χ1n) is 10.5. The van der Waals surface area contributed by atoms with Crippen LogP contribution in [0.2, 0.25) is 0 Å². The van der Waals surface area contributed by atoms with Crippen molar-refractivity contribution in [1.82, 2.24) is 4.98 Å². The van der Waals surface area contributed by atoms with Gasteiger partial charge in [-0.15, -0.1) is 0 Å². The van der Waals surface area contributed by atoms with Crippen LogP contribution in [0, 0.1) is 0 Å². The van der Waals surface area contributed by atoms with Crippen LogP contribution in [-0.4, -0.2) is 23.3 Å². The molecule has 1 aliphatic heterocycles. The van der Waals surface area contributed by atoms with Gasteiger partial charge in [-0.05, 0) is 57.4 Å². The van der Waals surface area contributed by atoms with Crippen molar-refractivity contribution in [3.63, 3.8) is 0 Å². The maximum atomic E-state index is 6.33. The van der Waals surface area contributed by atoms with Gasteiger partial charge in [0.05, 0.1) is 11.2 Å². The Balaban J connectivity index is 1.54. The van der Waals surface area contributed by atoms with Gasteiger partial charge in [0.2, 0.25) is 5.89 Å². The molecule has 5 nitrogen and oxygen atoms in total. The number of hydrogen-bond donors (Lipinski definition) is 0. The molecule has 3 heterocycles. The van der Waals surface area contributed by atoms with Crippen LogP contribution in [-0.2, 0) is 9.31 Å². The third kappa shape index (κ3) is 2.75. The van der Waals surface area contributed by atoms with Crippen molar-refractivity contribution >= 4 is 45.6 Å². The van der Waals surface area contributed by atoms with Crippen LogP contribution in [0.4, 0.5) is 0 Å². The number of fused-ring (bicyclic) bond motifs is 4. The Kier molecular flexibility index (Phi) is 3.74. The Bertz CT molecular complexity index is 1430. The fraction of sp³-hybridized carbons (Fsp3) is 0.240. The zero-order valence-corrected chi connectivity index (χ0v) is 17.9. The van der Waals surface area contributed by atoms with Crippen LogP contribution >= 0.6 is 0 Å². The predicted octanol–water partition coefficient (Wildman–Crippen LogP) is 5.69. The lowest BCUT2D eigenvalue weighted by Gasteiger charge is -2.32. The summed E-state index contributed by atoms with van der Waals surface area (Å²) in [5.74, 6) is 0.596. The molecule has 0 N–H and O–H groups in total. The molecule has 1 saturated heterocycles. The van der Waals surface area contributed by atoms with Gasteiger partial charge in [-0.3, -0.25) is 0 Å². The number of rotatable bonds is 2. The standard InChI is InChI=1S/C25H22BNO4/c1-24(2)25(3,4)31-26(30-24)17-11-8-12-19-22(17)16-13-21-18(14-20(16)28-19)27-23(29-21)15-9-6-5-7-10-15/h5-14H,1-4H3. The molecule has 0 spiro atoms. The van der Waals surface area contributed by atoms with Gasteiger partial charge in [-0.25, -0.2) is 4.98 Å². The van der Waals surface area contributed by atoms with E-state index in [-0.39, 0.29) is 0 Å². The summed E-state index contributed by atoms with van der Waals surface area (Å²) in [6.07, 6.45) is 0. The van der Waals surface area contributed by atoms with Crippen LogP contribution in [0.15, 0.2) is 69.5 Å². The van der Waals surface area contributed by atoms with Crippen molar-refractivity contribution < 1.29 is 18.1 Å². The fourth-order valence-electron chi connectivity index (χ4n) is 4.15. The molecule has 0 saturated carbocycles. The van der Waals surface area contributed by atoms with E-state index in [1.807, 2.05) is 60.7 Å². The number of nitrogens with zero attached hydrogens (tertiary/aromatic N) is 1. The van der Waals surface area contributed by atoms with Crippen LogP contribution in [0.25, 0.3) is 44.5 Å².